The molecule has 2 aromatic rings. The predicted molar refractivity (Wildman–Crippen MR) is 91.8 cm³/mol. The summed E-state index contributed by atoms with van der Waals surface area (Å²) in [6, 6.07) is 22.3. The molecule has 0 saturated carbocycles. The molecular formula is C20H24N2O. The van der Waals surface area contributed by atoms with Gasteiger partial charge < -0.3 is 5.32 Å². The van der Waals surface area contributed by atoms with Gasteiger partial charge in [-0.15, -0.1) is 0 Å². The van der Waals surface area contributed by atoms with Gasteiger partial charge in [-0.1, -0.05) is 60.7 Å². The summed E-state index contributed by atoms with van der Waals surface area (Å²) < 4.78 is 0. The van der Waals surface area contributed by atoms with Crippen molar-refractivity contribution in [1.29, 1.82) is 0 Å². The van der Waals surface area contributed by atoms with E-state index in [2.05, 4.69) is 71.0 Å². The third-order valence-corrected chi connectivity index (χ3v) is 4.98. The van der Waals surface area contributed by atoms with Gasteiger partial charge >= 0.3 is 0 Å². The first-order valence-electron chi connectivity index (χ1n) is 8.63. The van der Waals surface area contributed by atoms with Crippen LogP contribution < -0.4 is 5.32 Å². The number of nitrogens with zero attached hydrogens (tertiary/aromatic N) is 1. The highest BCUT2D eigenvalue weighted by Crippen LogP contribution is 2.30. The molecule has 2 aliphatic heterocycles. The Morgan fingerprint density at radius 1 is 0.957 bits per heavy atom. The second kappa shape index (κ2) is 6.83. The summed E-state index contributed by atoms with van der Waals surface area (Å²) in [5.41, 5.74) is 2.71. The molecule has 3 heteroatoms. The molecule has 4 rings (SSSR count). The molecule has 0 spiro atoms. The Bertz CT molecular complexity index is 616. The zero-order valence-electron chi connectivity index (χ0n) is 13.4. The molecule has 3 atom stereocenters. The second-order valence-electron chi connectivity index (χ2n) is 6.63. The summed E-state index contributed by atoms with van der Waals surface area (Å²) in [6.45, 7) is 1.92. The molecule has 3 unspecified atom stereocenters. The molecule has 0 radical (unpaired) electrons. The fourth-order valence-corrected chi connectivity index (χ4v) is 3.79. The predicted octanol–water partition coefficient (Wildman–Crippen LogP) is 3.17. The van der Waals surface area contributed by atoms with Crippen molar-refractivity contribution in [2.75, 3.05) is 6.54 Å². The van der Waals surface area contributed by atoms with Crippen LogP contribution in [0.15, 0.2) is 60.7 Å². The van der Waals surface area contributed by atoms with Crippen LogP contribution in [-0.2, 0) is 17.8 Å². The second-order valence-corrected chi connectivity index (χ2v) is 6.63. The summed E-state index contributed by atoms with van der Waals surface area (Å²) in [5.74, 6) is 0. The highest BCUT2D eigenvalue weighted by Gasteiger charge is 2.40. The Balaban J connectivity index is 1.50. The van der Waals surface area contributed by atoms with Gasteiger partial charge in [-0.05, 0) is 36.9 Å². The topological polar surface area (TPSA) is 24.5 Å². The van der Waals surface area contributed by atoms with E-state index in [-0.39, 0.29) is 0 Å². The average molecular weight is 308 g/mol. The van der Waals surface area contributed by atoms with Gasteiger partial charge in [0.15, 0.2) is 0 Å². The third kappa shape index (κ3) is 3.47. The van der Waals surface area contributed by atoms with Crippen LogP contribution in [0.4, 0.5) is 0 Å². The van der Waals surface area contributed by atoms with E-state index in [1.807, 2.05) is 0 Å². The van der Waals surface area contributed by atoms with Gasteiger partial charge in [-0.25, -0.2) is 0 Å². The molecule has 2 aliphatic rings. The molecule has 23 heavy (non-hydrogen) atoms. The molecular weight excluding hydrogens is 284 g/mol. The van der Waals surface area contributed by atoms with Crippen LogP contribution >= 0.6 is 0 Å². The number of fused-ring (bicyclic) bond motifs is 2. The van der Waals surface area contributed by atoms with Crippen molar-refractivity contribution in [3.8, 4) is 0 Å². The summed E-state index contributed by atoms with van der Waals surface area (Å²) >= 11 is 0. The summed E-state index contributed by atoms with van der Waals surface area (Å²) in [7, 11) is 0. The van der Waals surface area contributed by atoms with Crippen LogP contribution in [0.3, 0.4) is 0 Å². The molecule has 0 aromatic heterocycles. The van der Waals surface area contributed by atoms with Crippen molar-refractivity contribution in [3.63, 3.8) is 0 Å². The Morgan fingerprint density at radius 3 is 2.39 bits per heavy atom. The molecule has 120 valence electrons. The van der Waals surface area contributed by atoms with Gasteiger partial charge in [0.25, 0.3) is 0 Å². The smallest absolute Gasteiger partial charge is 0.0822 e. The monoisotopic (exact) mass is 308 g/mol. The lowest BCUT2D eigenvalue weighted by molar-refractivity contribution is -0.179. The third-order valence-electron chi connectivity index (χ3n) is 4.98. The minimum atomic E-state index is 0.372. The van der Waals surface area contributed by atoms with Crippen molar-refractivity contribution in [3.05, 3.63) is 71.8 Å². The van der Waals surface area contributed by atoms with Gasteiger partial charge in [0.05, 0.1) is 12.1 Å². The summed E-state index contributed by atoms with van der Waals surface area (Å²) in [5, 5.41) is 5.98. The standard InChI is InChI=1S/C20H24N2O/c1-3-7-16(8-4-1)13-19-20-14-18(11-12-21-19)23-22(20)15-17-9-5-2-6-10-17/h1-10,18-21H,11-15H2. The number of hydrogen-bond donors (Lipinski definition) is 1. The summed E-state index contributed by atoms with van der Waals surface area (Å²) in [4.78, 5) is 6.23. The lowest BCUT2D eigenvalue weighted by atomic mass is 9.96. The van der Waals surface area contributed by atoms with Gasteiger partial charge in [0, 0.05) is 12.6 Å². The van der Waals surface area contributed by atoms with E-state index in [4.69, 9.17) is 4.84 Å². The fourth-order valence-electron chi connectivity index (χ4n) is 3.79. The lowest BCUT2D eigenvalue weighted by Crippen LogP contribution is -2.48. The fraction of sp³-hybridized carbons (Fsp3) is 0.400. The number of rotatable bonds is 4. The molecule has 3 nitrogen and oxygen atoms in total. The maximum atomic E-state index is 6.23. The number of hydrogen-bond acceptors (Lipinski definition) is 3. The van der Waals surface area contributed by atoms with Gasteiger partial charge in [0.1, 0.15) is 0 Å². The van der Waals surface area contributed by atoms with E-state index in [9.17, 15) is 0 Å². The van der Waals surface area contributed by atoms with Crippen LogP contribution in [0.1, 0.15) is 24.0 Å². The van der Waals surface area contributed by atoms with Gasteiger partial charge in [-0.2, -0.15) is 5.06 Å². The quantitative estimate of drug-likeness (QED) is 0.939. The Kier molecular flexibility index (Phi) is 4.42. The molecule has 0 aliphatic carbocycles. The van der Waals surface area contributed by atoms with Gasteiger partial charge in [0.2, 0.25) is 0 Å². The Hall–Kier alpha value is -1.68. The number of benzene rings is 2. The molecule has 1 N–H and O–H groups in total. The summed E-state index contributed by atoms with van der Waals surface area (Å²) in [6.07, 6.45) is 3.68. The van der Waals surface area contributed by atoms with Crippen LogP contribution in [0.2, 0.25) is 0 Å². The number of nitrogens with one attached hydrogen (secondary N) is 1. The molecule has 2 saturated heterocycles. The Morgan fingerprint density at radius 2 is 1.65 bits per heavy atom. The zero-order valence-corrected chi connectivity index (χ0v) is 13.4. The van der Waals surface area contributed by atoms with Crippen molar-refractivity contribution in [1.82, 2.24) is 10.4 Å². The van der Waals surface area contributed by atoms with E-state index in [0.29, 0.717) is 18.2 Å². The van der Waals surface area contributed by atoms with Crippen LogP contribution in [0, 0.1) is 0 Å². The van der Waals surface area contributed by atoms with E-state index in [0.717, 1.165) is 32.4 Å². The van der Waals surface area contributed by atoms with Crippen LogP contribution in [-0.4, -0.2) is 29.8 Å². The molecule has 2 aromatic carbocycles. The molecule has 2 bridgehead atoms. The molecule has 2 fully saturated rings. The van der Waals surface area contributed by atoms with Crippen molar-refractivity contribution in [2.24, 2.45) is 0 Å². The first-order valence-corrected chi connectivity index (χ1v) is 8.63. The van der Waals surface area contributed by atoms with E-state index < -0.39 is 0 Å². The van der Waals surface area contributed by atoms with E-state index in [1.165, 1.54) is 11.1 Å². The first kappa shape index (κ1) is 14.9. The average Bonchev–Trinajstić information content (AvgIpc) is 2.87. The number of hydroxylamine groups is 2. The minimum absolute atomic E-state index is 0.372. The largest absolute Gasteiger partial charge is 0.312 e. The molecule has 0 amide bonds. The van der Waals surface area contributed by atoms with Crippen LogP contribution in [0.25, 0.3) is 0 Å². The SMILES string of the molecule is c1ccc(CC2NCCC3CC2N(Cc2ccccc2)O3)cc1. The minimum Gasteiger partial charge on any atom is -0.312 e. The first-order chi connectivity index (χ1) is 11.4. The zero-order chi connectivity index (χ0) is 15.5. The van der Waals surface area contributed by atoms with E-state index in [1.54, 1.807) is 0 Å². The maximum Gasteiger partial charge on any atom is 0.0822 e. The highest BCUT2D eigenvalue weighted by atomic mass is 16.7. The highest BCUT2D eigenvalue weighted by molar-refractivity contribution is 5.18. The van der Waals surface area contributed by atoms with Crippen LogP contribution in [0.5, 0.6) is 0 Å². The normalized spacial score (nSPS) is 27.7. The maximum absolute atomic E-state index is 6.23. The Labute approximate surface area is 138 Å². The lowest BCUT2D eigenvalue weighted by Gasteiger charge is -2.31. The van der Waals surface area contributed by atoms with E-state index >= 15 is 0 Å². The molecule has 2 heterocycles. The van der Waals surface area contributed by atoms with Crippen molar-refractivity contribution < 1.29 is 4.84 Å². The van der Waals surface area contributed by atoms with Crippen molar-refractivity contribution >= 4 is 0 Å². The van der Waals surface area contributed by atoms with Gasteiger partial charge in [-0.3, -0.25) is 4.84 Å². The van der Waals surface area contributed by atoms with Crippen molar-refractivity contribution in [2.45, 2.75) is 44.0 Å².